The van der Waals surface area contributed by atoms with Gasteiger partial charge in [-0.15, -0.1) is 0 Å². The van der Waals surface area contributed by atoms with Gasteiger partial charge in [0.1, 0.15) is 6.54 Å². The molecule has 2 aliphatic rings. The number of urea groups is 1. The number of anilines is 1. The lowest BCUT2D eigenvalue weighted by atomic mass is 10.2. The van der Waals surface area contributed by atoms with Gasteiger partial charge in [0.25, 0.3) is 0 Å². The third kappa shape index (κ3) is 4.56. The van der Waals surface area contributed by atoms with Gasteiger partial charge in [-0.05, 0) is 36.8 Å². The van der Waals surface area contributed by atoms with Crippen LogP contribution in [0, 0.1) is 6.92 Å². The molecular weight excluding hydrogens is 366 g/mol. The number of carbonyl (C=O) groups excluding carboxylic acids is 2. The maximum atomic E-state index is 12.7. The van der Waals surface area contributed by atoms with Gasteiger partial charge >= 0.3 is 6.03 Å². The summed E-state index contributed by atoms with van der Waals surface area (Å²) in [5.74, 6) is 0.0349. The van der Waals surface area contributed by atoms with E-state index in [1.54, 1.807) is 9.80 Å². The minimum absolute atomic E-state index is 0.0349. The highest BCUT2D eigenvalue weighted by molar-refractivity contribution is 5.96. The van der Waals surface area contributed by atoms with Crippen LogP contribution in [0.2, 0.25) is 0 Å². The van der Waals surface area contributed by atoms with E-state index in [0.717, 1.165) is 30.9 Å². The molecule has 29 heavy (non-hydrogen) atoms. The van der Waals surface area contributed by atoms with Gasteiger partial charge in [0.15, 0.2) is 0 Å². The third-order valence-electron chi connectivity index (χ3n) is 5.65. The lowest BCUT2D eigenvalue weighted by molar-refractivity contribution is -0.133. The van der Waals surface area contributed by atoms with Gasteiger partial charge < -0.3 is 9.80 Å². The number of aryl methyl sites for hydroxylation is 1. The fraction of sp³-hybridized carbons (Fsp3) is 0.409. The Bertz CT molecular complexity index is 847. The summed E-state index contributed by atoms with van der Waals surface area (Å²) in [6.45, 7) is 7.36. The lowest BCUT2D eigenvalue weighted by Gasteiger charge is -2.35. The van der Waals surface area contributed by atoms with E-state index >= 15 is 0 Å². The van der Waals surface area contributed by atoms with E-state index in [9.17, 15) is 9.59 Å². The predicted molar refractivity (Wildman–Crippen MR) is 112 cm³/mol. The fourth-order valence-corrected chi connectivity index (χ4v) is 3.86. The first-order chi connectivity index (χ1) is 14.1. The SMILES string of the molecule is Cc1ccc(N2CCN(CC(=O)N3CCN(Cc4ccncc4)CC3)C2=O)cc1. The van der Waals surface area contributed by atoms with Crippen molar-refractivity contribution in [2.45, 2.75) is 13.5 Å². The van der Waals surface area contributed by atoms with Crippen LogP contribution in [0.25, 0.3) is 0 Å². The van der Waals surface area contributed by atoms with Crippen molar-refractivity contribution in [3.8, 4) is 0 Å². The average Bonchev–Trinajstić information content (AvgIpc) is 3.10. The Morgan fingerprint density at radius 1 is 0.931 bits per heavy atom. The van der Waals surface area contributed by atoms with Crippen molar-refractivity contribution in [3.63, 3.8) is 0 Å². The Balaban J connectivity index is 1.27. The maximum absolute atomic E-state index is 12.7. The number of nitrogens with zero attached hydrogens (tertiary/aromatic N) is 5. The van der Waals surface area contributed by atoms with Crippen LogP contribution in [0.3, 0.4) is 0 Å². The zero-order valence-corrected chi connectivity index (χ0v) is 16.8. The van der Waals surface area contributed by atoms with Crippen LogP contribution >= 0.6 is 0 Å². The van der Waals surface area contributed by atoms with Crippen LogP contribution in [-0.4, -0.2) is 77.4 Å². The molecule has 3 heterocycles. The second-order valence-corrected chi connectivity index (χ2v) is 7.70. The molecule has 1 aromatic carbocycles. The van der Waals surface area contributed by atoms with E-state index in [1.807, 2.05) is 60.6 Å². The second-order valence-electron chi connectivity index (χ2n) is 7.70. The van der Waals surface area contributed by atoms with Gasteiger partial charge in [-0.1, -0.05) is 17.7 Å². The van der Waals surface area contributed by atoms with Crippen LogP contribution in [0.1, 0.15) is 11.1 Å². The zero-order valence-electron chi connectivity index (χ0n) is 16.8. The molecule has 0 saturated carbocycles. The highest BCUT2D eigenvalue weighted by Crippen LogP contribution is 2.21. The first-order valence-corrected chi connectivity index (χ1v) is 10.1. The van der Waals surface area contributed by atoms with Gasteiger partial charge in [0.05, 0.1) is 0 Å². The Morgan fingerprint density at radius 3 is 2.31 bits per heavy atom. The van der Waals surface area contributed by atoms with Crippen molar-refractivity contribution >= 4 is 17.6 Å². The van der Waals surface area contributed by atoms with Crippen molar-refractivity contribution in [2.24, 2.45) is 0 Å². The molecule has 0 bridgehead atoms. The first kappa shape index (κ1) is 19.4. The van der Waals surface area contributed by atoms with E-state index in [2.05, 4.69) is 9.88 Å². The minimum atomic E-state index is -0.0847. The maximum Gasteiger partial charge on any atom is 0.325 e. The highest BCUT2D eigenvalue weighted by atomic mass is 16.2. The van der Waals surface area contributed by atoms with Gasteiger partial charge in [0, 0.05) is 63.9 Å². The van der Waals surface area contributed by atoms with Crippen LogP contribution in [-0.2, 0) is 11.3 Å². The number of amides is 3. The number of benzene rings is 1. The number of aromatic nitrogens is 1. The monoisotopic (exact) mass is 393 g/mol. The van der Waals surface area contributed by atoms with E-state index in [4.69, 9.17) is 0 Å². The number of pyridine rings is 1. The number of hydrogen-bond donors (Lipinski definition) is 0. The molecule has 0 atom stereocenters. The average molecular weight is 393 g/mol. The van der Waals surface area contributed by atoms with Crippen LogP contribution < -0.4 is 4.90 Å². The van der Waals surface area contributed by atoms with Crippen molar-refractivity contribution < 1.29 is 9.59 Å². The van der Waals surface area contributed by atoms with Gasteiger partial charge in [-0.3, -0.25) is 19.6 Å². The van der Waals surface area contributed by atoms with E-state index in [0.29, 0.717) is 26.2 Å². The Morgan fingerprint density at radius 2 is 1.62 bits per heavy atom. The van der Waals surface area contributed by atoms with Gasteiger partial charge in [0.2, 0.25) is 5.91 Å². The van der Waals surface area contributed by atoms with Crippen molar-refractivity contribution in [1.29, 1.82) is 0 Å². The highest BCUT2D eigenvalue weighted by Gasteiger charge is 2.32. The first-order valence-electron chi connectivity index (χ1n) is 10.1. The fourth-order valence-electron chi connectivity index (χ4n) is 3.86. The minimum Gasteiger partial charge on any atom is -0.339 e. The number of carbonyl (C=O) groups is 2. The number of piperazine rings is 1. The van der Waals surface area contributed by atoms with Crippen molar-refractivity contribution in [3.05, 3.63) is 59.9 Å². The molecule has 2 aromatic rings. The predicted octanol–water partition coefficient (Wildman–Crippen LogP) is 1.98. The normalized spacial score (nSPS) is 17.8. The Hall–Kier alpha value is -2.93. The molecule has 2 fully saturated rings. The summed E-state index contributed by atoms with van der Waals surface area (Å²) in [6, 6.07) is 11.9. The molecular formula is C22H27N5O2. The second kappa shape index (κ2) is 8.61. The van der Waals surface area contributed by atoms with Crippen molar-refractivity contribution in [2.75, 3.05) is 50.7 Å². The number of rotatable bonds is 5. The molecule has 2 aliphatic heterocycles. The topological polar surface area (TPSA) is 60.0 Å². The van der Waals surface area contributed by atoms with Crippen LogP contribution in [0.4, 0.5) is 10.5 Å². The van der Waals surface area contributed by atoms with Crippen molar-refractivity contribution in [1.82, 2.24) is 19.7 Å². The lowest BCUT2D eigenvalue weighted by Crippen LogP contribution is -2.51. The third-order valence-corrected chi connectivity index (χ3v) is 5.65. The quantitative estimate of drug-likeness (QED) is 0.779. The van der Waals surface area contributed by atoms with E-state index in [-0.39, 0.29) is 18.5 Å². The Kier molecular flexibility index (Phi) is 5.76. The standard InChI is InChI=1S/C22H27N5O2/c1-18-2-4-20(5-3-18)27-15-14-26(22(27)29)17-21(28)25-12-10-24(11-13-25)16-19-6-8-23-9-7-19/h2-9H,10-17H2,1H3. The van der Waals surface area contributed by atoms with Gasteiger partial charge in [-0.25, -0.2) is 4.79 Å². The smallest absolute Gasteiger partial charge is 0.325 e. The summed E-state index contributed by atoms with van der Waals surface area (Å²) < 4.78 is 0. The number of hydrogen-bond acceptors (Lipinski definition) is 4. The summed E-state index contributed by atoms with van der Waals surface area (Å²) in [6.07, 6.45) is 3.62. The molecule has 2 saturated heterocycles. The molecule has 0 unspecified atom stereocenters. The van der Waals surface area contributed by atoms with E-state index in [1.165, 1.54) is 5.56 Å². The molecule has 1 aromatic heterocycles. The molecule has 3 amide bonds. The molecule has 7 heteroatoms. The largest absolute Gasteiger partial charge is 0.339 e. The summed E-state index contributed by atoms with van der Waals surface area (Å²) >= 11 is 0. The summed E-state index contributed by atoms with van der Waals surface area (Å²) in [7, 11) is 0. The van der Waals surface area contributed by atoms with Crippen LogP contribution in [0.5, 0.6) is 0 Å². The van der Waals surface area contributed by atoms with Gasteiger partial charge in [-0.2, -0.15) is 0 Å². The Labute approximate surface area is 171 Å². The summed E-state index contributed by atoms with van der Waals surface area (Å²) in [4.78, 5) is 37.2. The molecule has 0 radical (unpaired) electrons. The molecule has 0 spiro atoms. The molecule has 152 valence electrons. The molecule has 0 aliphatic carbocycles. The van der Waals surface area contributed by atoms with E-state index < -0.39 is 0 Å². The molecule has 4 rings (SSSR count). The molecule has 7 nitrogen and oxygen atoms in total. The zero-order chi connectivity index (χ0) is 20.2. The molecule has 0 N–H and O–H groups in total. The summed E-state index contributed by atoms with van der Waals surface area (Å²) in [5.41, 5.74) is 3.29. The summed E-state index contributed by atoms with van der Waals surface area (Å²) in [5, 5.41) is 0. The van der Waals surface area contributed by atoms with Crippen LogP contribution in [0.15, 0.2) is 48.8 Å².